The van der Waals surface area contributed by atoms with Crippen molar-refractivity contribution in [1.82, 2.24) is 0 Å². The lowest BCUT2D eigenvalue weighted by atomic mass is 9.59. The Labute approximate surface area is 134 Å². The Morgan fingerprint density at radius 2 is 1.65 bits per heavy atom. The number of hydrogen-bond donors (Lipinski definition) is 0. The van der Waals surface area contributed by atoms with E-state index in [-0.39, 0.29) is 11.9 Å². The van der Waals surface area contributed by atoms with Crippen molar-refractivity contribution in [2.75, 3.05) is 11.9 Å². The van der Waals surface area contributed by atoms with Crippen molar-refractivity contribution in [3.63, 3.8) is 0 Å². The molecule has 0 unspecified atom stereocenters. The number of amides is 1. The zero-order valence-corrected chi connectivity index (χ0v) is 13.1. The van der Waals surface area contributed by atoms with E-state index in [1.54, 1.807) is 11.9 Å². The van der Waals surface area contributed by atoms with Crippen molar-refractivity contribution >= 4 is 17.6 Å². The second-order valence-electron chi connectivity index (χ2n) is 6.08. The molecule has 23 heavy (non-hydrogen) atoms. The van der Waals surface area contributed by atoms with E-state index in [9.17, 15) is 9.59 Å². The first-order valence-corrected chi connectivity index (χ1v) is 7.76. The predicted octanol–water partition coefficient (Wildman–Crippen LogP) is 2.76. The third-order valence-corrected chi connectivity index (χ3v) is 5.24. The van der Waals surface area contributed by atoms with Crippen LogP contribution in [-0.2, 0) is 25.3 Å². The quantitative estimate of drug-likeness (QED) is 0.802. The van der Waals surface area contributed by atoms with Gasteiger partial charge in [-0.05, 0) is 18.1 Å². The van der Waals surface area contributed by atoms with Gasteiger partial charge in [0.25, 0.3) is 5.91 Å². The lowest BCUT2D eigenvalue weighted by molar-refractivity contribution is -0.223. The summed E-state index contributed by atoms with van der Waals surface area (Å²) in [5.74, 6) is -0.506. The number of para-hydroxylation sites is 1. The Balaban J connectivity index is 2.02. The minimum Gasteiger partial charge on any atom is -0.441 e. The molecule has 1 amide bonds. The van der Waals surface area contributed by atoms with Gasteiger partial charge in [0.05, 0.1) is 5.69 Å². The fourth-order valence-electron chi connectivity index (χ4n) is 4.09. The van der Waals surface area contributed by atoms with Crippen molar-refractivity contribution in [1.29, 1.82) is 0 Å². The zero-order valence-electron chi connectivity index (χ0n) is 13.1. The normalized spacial score (nSPS) is 28.5. The number of esters is 1. The molecule has 1 spiro atoms. The third-order valence-electron chi connectivity index (χ3n) is 5.24. The molecular weight excluding hydrogens is 290 g/mol. The van der Waals surface area contributed by atoms with Gasteiger partial charge in [0.15, 0.2) is 0 Å². The van der Waals surface area contributed by atoms with E-state index in [1.807, 2.05) is 61.5 Å². The molecule has 0 aromatic heterocycles. The highest BCUT2D eigenvalue weighted by molar-refractivity contribution is 6.15. The highest BCUT2D eigenvalue weighted by Crippen LogP contribution is 2.61. The van der Waals surface area contributed by atoms with Gasteiger partial charge in [0, 0.05) is 12.6 Å². The summed E-state index contributed by atoms with van der Waals surface area (Å²) in [6, 6.07) is 17.0. The van der Waals surface area contributed by atoms with Crippen LogP contribution in [0.2, 0.25) is 0 Å². The first-order chi connectivity index (χ1) is 11.1. The number of fused-ring (bicyclic) bond motifs is 2. The van der Waals surface area contributed by atoms with Gasteiger partial charge in [-0.15, -0.1) is 0 Å². The van der Waals surface area contributed by atoms with Gasteiger partial charge in [-0.3, -0.25) is 9.59 Å². The van der Waals surface area contributed by atoms with E-state index in [0.29, 0.717) is 6.42 Å². The number of likely N-dealkylation sites (N-methyl/N-ethyl adjacent to an activating group) is 1. The summed E-state index contributed by atoms with van der Waals surface area (Å²) in [5, 5.41) is 0. The first-order valence-electron chi connectivity index (χ1n) is 7.76. The number of anilines is 1. The van der Waals surface area contributed by atoms with Gasteiger partial charge in [-0.25, -0.2) is 0 Å². The standard InChI is InChI=1S/C19H17NO3/c1-3-18(13-9-5-4-6-10-13)17(22)23-19(18)14-11-7-8-12-15(14)20(2)16(19)21/h4-12H,3H2,1-2H3/t18-,19-/m0/s1. The minimum atomic E-state index is -1.24. The van der Waals surface area contributed by atoms with Gasteiger partial charge in [0.2, 0.25) is 5.60 Å². The van der Waals surface area contributed by atoms with Crippen LogP contribution in [0.15, 0.2) is 54.6 Å². The van der Waals surface area contributed by atoms with Crippen molar-refractivity contribution in [3.8, 4) is 0 Å². The summed E-state index contributed by atoms with van der Waals surface area (Å²) in [7, 11) is 1.73. The molecule has 1 fully saturated rings. The lowest BCUT2D eigenvalue weighted by Crippen LogP contribution is -2.70. The second kappa shape index (κ2) is 4.44. The molecule has 0 N–H and O–H groups in total. The maximum absolute atomic E-state index is 13.1. The van der Waals surface area contributed by atoms with Crippen molar-refractivity contribution in [2.45, 2.75) is 24.4 Å². The van der Waals surface area contributed by atoms with Gasteiger partial charge in [0.1, 0.15) is 5.41 Å². The van der Waals surface area contributed by atoms with Crippen molar-refractivity contribution in [3.05, 3.63) is 65.7 Å². The molecule has 4 heteroatoms. The molecule has 0 saturated carbocycles. The Hall–Kier alpha value is -2.62. The Kier molecular flexibility index (Phi) is 2.71. The van der Waals surface area contributed by atoms with E-state index in [4.69, 9.17) is 4.74 Å². The SMILES string of the molecule is CC[C@]1(c2ccccc2)C(=O)O[C@@]12C(=O)N(C)c1ccccc12. The van der Waals surface area contributed by atoms with E-state index in [1.165, 1.54) is 0 Å². The summed E-state index contributed by atoms with van der Waals surface area (Å²) in [6.07, 6.45) is 0.504. The maximum Gasteiger partial charge on any atom is 0.323 e. The highest BCUT2D eigenvalue weighted by Gasteiger charge is 2.77. The molecule has 2 aliphatic rings. The number of nitrogens with zero attached hydrogens (tertiary/aromatic N) is 1. The highest BCUT2D eigenvalue weighted by atomic mass is 16.6. The maximum atomic E-state index is 13.1. The summed E-state index contributed by atoms with van der Waals surface area (Å²) >= 11 is 0. The van der Waals surface area contributed by atoms with Gasteiger partial charge < -0.3 is 9.64 Å². The molecule has 2 aromatic rings. The molecule has 0 bridgehead atoms. The van der Waals surface area contributed by atoms with Crippen molar-refractivity contribution < 1.29 is 14.3 Å². The topological polar surface area (TPSA) is 46.6 Å². The monoisotopic (exact) mass is 307 g/mol. The average Bonchev–Trinajstić information content (AvgIpc) is 2.81. The van der Waals surface area contributed by atoms with Crippen LogP contribution in [0, 0.1) is 0 Å². The Bertz CT molecular complexity index is 816. The van der Waals surface area contributed by atoms with Crippen LogP contribution in [0.25, 0.3) is 0 Å². The fraction of sp³-hybridized carbons (Fsp3) is 0.263. The summed E-state index contributed by atoms with van der Waals surface area (Å²) in [6.45, 7) is 1.93. The number of ether oxygens (including phenoxy) is 1. The largest absolute Gasteiger partial charge is 0.441 e. The summed E-state index contributed by atoms with van der Waals surface area (Å²) in [5.41, 5.74) is 0.200. The number of benzene rings is 2. The molecule has 2 heterocycles. The molecular formula is C19H17NO3. The predicted molar refractivity (Wildman–Crippen MR) is 86.0 cm³/mol. The van der Waals surface area contributed by atoms with E-state index < -0.39 is 11.0 Å². The summed E-state index contributed by atoms with van der Waals surface area (Å²) < 4.78 is 5.63. The molecule has 2 aromatic carbocycles. The molecule has 0 aliphatic carbocycles. The Morgan fingerprint density at radius 1 is 1.00 bits per heavy atom. The molecule has 116 valence electrons. The average molecular weight is 307 g/mol. The number of carbonyl (C=O) groups is 2. The van der Waals surface area contributed by atoms with Gasteiger partial charge in [-0.1, -0.05) is 55.5 Å². The summed E-state index contributed by atoms with van der Waals surface area (Å²) in [4.78, 5) is 27.3. The van der Waals surface area contributed by atoms with E-state index in [2.05, 4.69) is 0 Å². The molecule has 4 nitrogen and oxygen atoms in total. The smallest absolute Gasteiger partial charge is 0.323 e. The van der Waals surface area contributed by atoms with Crippen molar-refractivity contribution in [2.24, 2.45) is 0 Å². The fourth-order valence-corrected chi connectivity index (χ4v) is 4.09. The molecule has 4 rings (SSSR count). The van der Waals surface area contributed by atoms with Crippen LogP contribution in [0.5, 0.6) is 0 Å². The third kappa shape index (κ3) is 1.37. The van der Waals surface area contributed by atoms with Crippen LogP contribution in [0.3, 0.4) is 0 Å². The van der Waals surface area contributed by atoms with E-state index in [0.717, 1.165) is 16.8 Å². The van der Waals surface area contributed by atoms with Gasteiger partial charge in [-0.2, -0.15) is 0 Å². The molecule has 0 radical (unpaired) electrons. The van der Waals surface area contributed by atoms with Crippen LogP contribution in [-0.4, -0.2) is 18.9 Å². The zero-order chi connectivity index (χ0) is 16.2. The van der Waals surface area contributed by atoms with Crippen LogP contribution < -0.4 is 4.90 Å². The minimum absolute atomic E-state index is 0.177. The Morgan fingerprint density at radius 3 is 2.30 bits per heavy atom. The molecule has 2 aliphatic heterocycles. The van der Waals surface area contributed by atoms with Crippen LogP contribution in [0.1, 0.15) is 24.5 Å². The second-order valence-corrected chi connectivity index (χ2v) is 6.08. The van der Waals surface area contributed by atoms with Crippen LogP contribution >= 0.6 is 0 Å². The number of hydrogen-bond acceptors (Lipinski definition) is 3. The van der Waals surface area contributed by atoms with Gasteiger partial charge >= 0.3 is 5.97 Å². The van der Waals surface area contributed by atoms with Crippen LogP contribution in [0.4, 0.5) is 5.69 Å². The number of rotatable bonds is 2. The lowest BCUT2D eigenvalue weighted by Gasteiger charge is -2.53. The first kappa shape index (κ1) is 14.0. The molecule has 1 saturated heterocycles. The number of carbonyl (C=O) groups excluding carboxylic acids is 2. The molecule has 2 atom stereocenters. The van der Waals surface area contributed by atoms with E-state index >= 15 is 0 Å².